The number of fused-ring (bicyclic) bond motifs is 1. The highest BCUT2D eigenvalue weighted by atomic mass is 79.9. The van der Waals surface area contributed by atoms with Crippen LogP contribution in [0.25, 0.3) is 0 Å². The predicted octanol–water partition coefficient (Wildman–Crippen LogP) is 4.77. The summed E-state index contributed by atoms with van der Waals surface area (Å²) in [7, 11) is 0. The van der Waals surface area contributed by atoms with Crippen LogP contribution in [0.5, 0.6) is 5.75 Å². The number of halogens is 1. The highest BCUT2D eigenvalue weighted by Crippen LogP contribution is 2.36. The van der Waals surface area contributed by atoms with Gasteiger partial charge in [0.05, 0.1) is 12.0 Å². The number of aryl methyl sites for hydroxylation is 2. The van der Waals surface area contributed by atoms with Crippen LogP contribution in [-0.2, 0) is 0 Å². The molecule has 20 heavy (non-hydrogen) atoms. The van der Waals surface area contributed by atoms with Crippen molar-refractivity contribution in [3.05, 3.63) is 63.1 Å². The highest BCUT2D eigenvalue weighted by molar-refractivity contribution is 9.10. The number of carbonyl (C=O) groups excluding carboxylic acids is 1. The van der Waals surface area contributed by atoms with E-state index in [0.29, 0.717) is 17.7 Å². The minimum Gasteiger partial charge on any atom is -0.484 e. The molecule has 2 aromatic rings. The molecule has 1 aliphatic heterocycles. The molecule has 2 aromatic carbocycles. The van der Waals surface area contributed by atoms with E-state index in [0.717, 1.165) is 10.0 Å². The minimum atomic E-state index is -0.192. The van der Waals surface area contributed by atoms with Gasteiger partial charge in [0.1, 0.15) is 11.9 Å². The monoisotopic (exact) mass is 330 g/mol. The molecule has 1 aliphatic rings. The van der Waals surface area contributed by atoms with Crippen LogP contribution in [0, 0.1) is 13.8 Å². The van der Waals surface area contributed by atoms with Crippen LogP contribution in [0.4, 0.5) is 0 Å². The van der Waals surface area contributed by atoms with E-state index < -0.39 is 0 Å². The van der Waals surface area contributed by atoms with E-state index in [4.69, 9.17) is 4.74 Å². The van der Waals surface area contributed by atoms with Gasteiger partial charge in [0, 0.05) is 4.47 Å². The first kappa shape index (κ1) is 13.4. The summed E-state index contributed by atoms with van der Waals surface area (Å²) in [5, 5.41) is 0. The van der Waals surface area contributed by atoms with Gasteiger partial charge in [-0.15, -0.1) is 0 Å². The van der Waals surface area contributed by atoms with Gasteiger partial charge in [-0.25, -0.2) is 0 Å². The third-order valence-corrected chi connectivity index (χ3v) is 3.99. The van der Waals surface area contributed by atoms with Crippen molar-refractivity contribution in [2.45, 2.75) is 26.4 Å². The van der Waals surface area contributed by atoms with Gasteiger partial charge in [-0.2, -0.15) is 0 Å². The van der Waals surface area contributed by atoms with Gasteiger partial charge in [-0.1, -0.05) is 45.3 Å². The van der Waals surface area contributed by atoms with Gasteiger partial charge in [0.15, 0.2) is 5.78 Å². The summed E-state index contributed by atoms with van der Waals surface area (Å²) in [5.41, 5.74) is 4.13. The van der Waals surface area contributed by atoms with Crippen molar-refractivity contribution in [2.75, 3.05) is 0 Å². The molecule has 0 aliphatic carbocycles. The maximum Gasteiger partial charge on any atom is 0.170 e. The predicted molar refractivity (Wildman–Crippen MR) is 82.4 cm³/mol. The zero-order valence-electron chi connectivity index (χ0n) is 11.4. The molecular weight excluding hydrogens is 316 g/mol. The third kappa shape index (κ3) is 2.50. The normalized spacial score (nSPS) is 17.6. The van der Waals surface area contributed by atoms with Crippen LogP contribution in [0.15, 0.2) is 40.9 Å². The molecule has 1 atom stereocenters. The molecule has 2 nitrogen and oxygen atoms in total. The second-order valence-corrected chi connectivity index (χ2v) is 6.21. The maximum absolute atomic E-state index is 12.3. The molecule has 1 unspecified atom stereocenters. The van der Waals surface area contributed by atoms with E-state index in [-0.39, 0.29) is 11.9 Å². The van der Waals surface area contributed by atoms with Crippen molar-refractivity contribution in [2.24, 2.45) is 0 Å². The van der Waals surface area contributed by atoms with Gasteiger partial charge < -0.3 is 4.74 Å². The summed E-state index contributed by atoms with van der Waals surface area (Å²) < 4.78 is 6.95. The lowest BCUT2D eigenvalue weighted by Crippen LogP contribution is -2.20. The van der Waals surface area contributed by atoms with E-state index in [1.54, 1.807) is 0 Å². The summed E-state index contributed by atoms with van der Waals surface area (Å²) in [6, 6.07) is 11.9. The second kappa shape index (κ2) is 5.06. The maximum atomic E-state index is 12.3. The number of carbonyl (C=O) groups is 1. The summed E-state index contributed by atoms with van der Waals surface area (Å²) in [6.07, 6.45) is 0.209. The Bertz CT molecular complexity index is 671. The van der Waals surface area contributed by atoms with Crippen molar-refractivity contribution in [3.8, 4) is 5.75 Å². The number of ketones is 1. The number of hydrogen-bond acceptors (Lipinski definition) is 2. The molecule has 0 spiro atoms. The Labute approximate surface area is 126 Å². The Morgan fingerprint density at radius 3 is 2.50 bits per heavy atom. The lowest BCUT2D eigenvalue weighted by Gasteiger charge is -2.26. The first-order valence-electron chi connectivity index (χ1n) is 6.60. The van der Waals surface area contributed by atoms with Crippen LogP contribution >= 0.6 is 15.9 Å². The van der Waals surface area contributed by atoms with Crippen molar-refractivity contribution in [3.63, 3.8) is 0 Å². The van der Waals surface area contributed by atoms with E-state index >= 15 is 0 Å². The third-order valence-electron chi connectivity index (χ3n) is 3.50. The zero-order chi connectivity index (χ0) is 14.3. The summed E-state index contributed by atoms with van der Waals surface area (Å²) in [5.74, 6) is 0.808. The molecule has 0 N–H and O–H groups in total. The van der Waals surface area contributed by atoms with Crippen LogP contribution in [0.1, 0.15) is 39.6 Å². The van der Waals surface area contributed by atoms with E-state index in [9.17, 15) is 4.79 Å². The zero-order valence-corrected chi connectivity index (χ0v) is 13.0. The number of rotatable bonds is 1. The van der Waals surface area contributed by atoms with Crippen LogP contribution in [0.2, 0.25) is 0 Å². The molecule has 3 rings (SSSR count). The fraction of sp³-hybridized carbons (Fsp3) is 0.235. The van der Waals surface area contributed by atoms with Crippen molar-refractivity contribution >= 4 is 21.7 Å². The number of ether oxygens (including phenoxy) is 1. The van der Waals surface area contributed by atoms with E-state index in [1.165, 1.54) is 11.1 Å². The Balaban J connectivity index is 2.00. The average Bonchev–Trinajstić information content (AvgIpc) is 2.36. The van der Waals surface area contributed by atoms with Crippen LogP contribution in [0.3, 0.4) is 0 Å². The quantitative estimate of drug-likeness (QED) is 0.752. The molecular formula is C17H15BrO2. The van der Waals surface area contributed by atoms with Crippen molar-refractivity contribution < 1.29 is 9.53 Å². The Hall–Kier alpha value is -1.61. The average molecular weight is 331 g/mol. The smallest absolute Gasteiger partial charge is 0.170 e. The minimum absolute atomic E-state index is 0.142. The fourth-order valence-corrected chi connectivity index (χ4v) is 3.02. The van der Waals surface area contributed by atoms with Crippen molar-refractivity contribution in [1.29, 1.82) is 0 Å². The molecule has 3 heteroatoms. The van der Waals surface area contributed by atoms with Crippen LogP contribution in [-0.4, -0.2) is 5.78 Å². The van der Waals surface area contributed by atoms with Gasteiger partial charge in [0.2, 0.25) is 0 Å². The number of Topliss-reactive ketones (excluding diaryl/α,β-unsaturated/α-hetero) is 1. The van der Waals surface area contributed by atoms with Gasteiger partial charge in [-0.3, -0.25) is 4.79 Å². The first-order valence-corrected chi connectivity index (χ1v) is 7.40. The van der Waals surface area contributed by atoms with E-state index in [1.807, 2.05) is 18.2 Å². The van der Waals surface area contributed by atoms with Gasteiger partial charge in [0.25, 0.3) is 0 Å². The number of benzene rings is 2. The Kier molecular flexibility index (Phi) is 3.38. The fourth-order valence-electron chi connectivity index (χ4n) is 2.68. The second-order valence-electron chi connectivity index (χ2n) is 5.30. The Morgan fingerprint density at radius 1 is 1.10 bits per heavy atom. The molecule has 1 heterocycles. The lowest BCUT2D eigenvalue weighted by molar-refractivity contribution is 0.0850. The summed E-state index contributed by atoms with van der Waals surface area (Å²) in [4.78, 5) is 12.3. The topological polar surface area (TPSA) is 26.3 Å². The largest absolute Gasteiger partial charge is 0.484 e. The highest BCUT2D eigenvalue weighted by Gasteiger charge is 2.27. The molecule has 0 saturated heterocycles. The number of hydrogen-bond donors (Lipinski definition) is 0. The van der Waals surface area contributed by atoms with Crippen LogP contribution < -0.4 is 4.74 Å². The lowest BCUT2D eigenvalue weighted by atomic mass is 9.94. The standard InChI is InChI=1S/C17H15BrO2/c1-10-5-11(2)7-12(6-10)16-9-15(19)14-4-3-13(18)8-17(14)20-16/h3-8,16H,9H2,1-2H3. The molecule has 0 aromatic heterocycles. The Morgan fingerprint density at radius 2 is 1.80 bits per heavy atom. The van der Waals surface area contributed by atoms with Gasteiger partial charge >= 0.3 is 0 Å². The summed E-state index contributed by atoms with van der Waals surface area (Å²) in [6.45, 7) is 4.12. The molecule has 0 amide bonds. The molecule has 0 fully saturated rings. The molecule has 0 saturated carbocycles. The molecule has 102 valence electrons. The van der Waals surface area contributed by atoms with E-state index in [2.05, 4.69) is 48.0 Å². The molecule has 0 bridgehead atoms. The summed E-state index contributed by atoms with van der Waals surface area (Å²) >= 11 is 3.42. The SMILES string of the molecule is Cc1cc(C)cc(C2CC(=O)c3ccc(Br)cc3O2)c1. The molecule has 0 radical (unpaired) electrons. The first-order chi connectivity index (χ1) is 9.52. The van der Waals surface area contributed by atoms with Gasteiger partial charge in [-0.05, 0) is 37.6 Å². The van der Waals surface area contributed by atoms with Crippen molar-refractivity contribution in [1.82, 2.24) is 0 Å².